The van der Waals surface area contributed by atoms with Gasteiger partial charge in [0.25, 0.3) is 0 Å². The molecule has 106 valence electrons. The number of rotatable bonds is 8. The van der Waals surface area contributed by atoms with Crippen LogP contribution in [0.15, 0.2) is 33.6 Å². The third-order valence-corrected chi connectivity index (χ3v) is 4.72. The molecule has 0 heterocycles. The van der Waals surface area contributed by atoms with Crippen molar-refractivity contribution < 1.29 is 9.90 Å². The van der Waals surface area contributed by atoms with Gasteiger partial charge in [0, 0.05) is 28.1 Å². The van der Waals surface area contributed by atoms with Gasteiger partial charge in [0.1, 0.15) is 0 Å². The Bertz CT molecular complexity index is 401. The summed E-state index contributed by atoms with van der Waals surface area (Å²) in [5, 5.41) is 12.2. The molecule has 0 radical (unpaired) electrons. The van der Waals surface area contributed by atoms with Gasteiger partial charge in [-0.3, -0.25) is 4.79 Å². The van der Waals surface area contributed by atoms with Crippen molar-refractivity contribution >= 4 is 33.6 Å². The van der Waals surface area contributed by atoms with Crippen LogP contribution in [0.25, 0.3) is 0 Å². The van der Waals surface area contributed by atoms with Crippen molar-refractivity contribution in [2.24, 2.45) is 0 Å². The predicted octanol–water partition coefficient (Wildman–Crippen LogP) is 3.21. The zero-order valence-corrected chi connectivity index (χ0v) is 13.5. The highest BCUT2D eigenvalue weighted by Crippen LogP contribution is 2.27. The molecule has 0 aliphatic carbocycles. The number of nitrogens with one attached hydrogen (secondary N) is 1. The molecule has 1 aromatic rings. The summed E-state index contributed by atoms with van der Waals surface area (Å²) in [5.41, 5.74) is 0. The standard InChI is InChI=1S/C14H20BrNO2S/c1-2-11(17)7-9-16-14(18)8-10-19-13-6-4-3-5-12(13)15/h3-6,11,17H,2,7-10H2,1H3,(H,16,18). The molecule has 2 N–H and O–H groups in total. The summed E-state index contributed by atoms with van der Waals surface area (Å²) < 4.78 is 1.06. The van der Waals surface area contributed by atoms with Crippen LogP contribution in [-0.2, 0) is 4.79 Å². The van der Waals surface area contributed by atoms with Gasteiger partial charge >= 0.3 is 0 Å². The number of amides is 1. The van der Waals surface area contributed by atoms with E-state index in [1.807, 2.05) is 31.2 Å². The third-order valence-electron chi connectivity index (χ3n) is 2.69. The molecule has 0 aliphatic heterocycles. The number of carbonyl (C=O) groups excluding carboxylic acids is 1. The molecule has 1 unspecified atom stereocenters. The van der Waals surface area contributed by atoms with E-state index in [4.69, 9.17) is 0 Å². The smallest absolute Gasteiger partial charge is 0.220 e. The van der Waals surface area contributed by atoms with E-state index in [2.05, 4.69) is 21.2 Å². The molecule has 0 saturated carbocycles. The van der Waals surface area contributed by atoms with E-state index in [0.717, 1.165) is 21.5 Å². The summed E-state index contributed by atoms with van der Waals surface area (Å²) in [4.78, 5) is 12.7. The van der Waals surface area contributed by atoms with E-state index in [-0.39, 0.29) is 12.0 Å². The third kappa shape index (κ3) is 6.99. The maximum atomic E-state index is 11.6. The Morgan fingerprint density at radius 1 is 1.47 bits per heavy atom. The maximum Gasteiger partial charge on any atom is 0.220 e. The molecule has 1 amide bonds. The van der Waals surface area contributed by atoms with Gasteiger partial charge in [-0.05, 0) is 40.9 Å². The summed E-state index contributed by atoms with van der Waals surface area (Å²) >= 11 is 5.14. The van der Waals surface area contributed by atoms with Crippen LogP contribution in [0.5, 0.6) is 0 Å². The normalized spacial score (nSPS) is 12.2. The van der Waals surface area contributed by atoms with E-state index in [1.165, 1.54) is 0 Å². The second-order valence-corrected chi connectivity index (χ2v) is 6.22. The van der Waals surface area contributed by atoms with Crippen molar-refractivity contribution in [2.75, 3.05) is 12.3 Å². The zero-order chi connectivity index (χ0) is 14.1. The summed E-state index contributed by atoms with van der Waals surface area (Å²) in [6, 6.07) is 7.98. The van der Waals surface area contributed by atoms with Crippen molar-refractivity contribution in [3.63, 3.8) is 0 Å². The largest absolute Gasteiger partial charge is 0.393 e. The summed E-state index contributed by atoms with van der Waals surface area (Å²) in [7, 11) is 0. The van der Waals surface area contributed by atoms with Crippen molar-refractivity contribution in [1.29, 1.82) is 0 Å². The van der Waals surface area contributed by atoms with E-state index < -0.39 is 0 Å². The molecule has 19 heavy (non-hydrogen) atoms. The van der Waals surface area contributed by atoms with Crippen LogP contribution in [0.4, 0.5) is 0 Å². The number of carbonyl (C=O) groups is 1. The Balaban J connectivity index is 2.15. The molecular formula is C14H20BrNO2S. The van der Waals surface area contributed by atoms with E-state index in [1.54, 1.807) is 11.8 Å². The first kappa shape index (κ1) is 16.5. The fourth-order valence-corrected chi connectivity index (χ4v) is 3.00. The second-order valence-electron chi connectivity index (χ2n) is 4.23. The van der Waals surface area contributed by atoms with Gasteiger partial charge < -0.3 is 10.4 Å². The molecule has 0 aliphatic rings. The monoisotopic (exact) mass is 345 g/mol. The van der Waals surface area contributed by atoms with Gasteiger partial charge in [-0.15, -0.1) is 11.8 Å². The number of aliphatic hydroxyl groups excluding tert-OH is 1. The lowest BCUT2D eigenvalue weighted by Crippen LogP contribution is -2.27. The Morgan fingerprint density at radius 2 is 2.21 bits per heavy atom. The average Bonchev–Trinajstić information content (AvgIpc) is 2.40. The van der Waals surface area contributed by atoms with Crippen LogP contribution in [0.2, 0.25) is 0 Å². The van der Waals surface area contributed by atoms with Crippen LogP contribution in [0.1, 0.15) is 26.2 Å². The second kappa shape index (κ2) is 9.39. The molecule has 1 aromatic carbocycles. The van der Waals surface area contributed by atoms with Gasteiger partial charge in [-0.2, -0.15) is 0 Å². The van der Waals surface area contributed by atoms with Crippen LogP contribution in [0.3, 0.4) is 0 Å². The van der Waals surface area contributed by atoms with Crippen LogP contribution in [0, 0.1) is 0 Å². The fourth-order valence-electron chi connectivity index (χ4n) is 1.49. The molecule has 0 aromatic heterocycles. The highest BCUT2D eigenvalue weighted by atomic mass is 79.9. The molecule has 0 spiro atoms. The van der Waals surface area contributed by atoms with Gasteiger partial charge in [-0.1, -0.05) is 19.1 Å². The molecule has 1 atom stereocenters. The fraction of sp³-hybridized carbons (Fsp3) is 0.500. The van der Waals surface area contributed by atoms with Gasteiger partial charge in [0.05, 0.1) is 6.10 Å². The Morgan fingerprint density at radius 3 is 2.89 bits per heavy atom. The predicted molar refractivity (Wildman–Crippen MR) is 83.4 cm³/mol. The van der Waals surface area contributed by atoms with Crippen LogP contribution >= 0.6 is 27.7 Å². The minimum absolute atomic E-state index is 0.0443. The first-order valence-corrected chi connectivity index (χ1v) is 8.23. The molecule has 0 bridgehead atoms. The van der Waals surface area contributed by atoms with Crippen molar-refractivity contribution in [3.8, 4) is 0 Å². The SMILES string of the molecule is CCC(O)CCNC(=O)CCSc1ccccc1Br. The highest BCUT2D eigenvalue weighted by Gasteiger charge is 2.05. The van der Waals surface area contributed by atoms with E-state index in [9.17, 15) is 9.90 Å². The number of thioether (sulfide) groups is 1. The van der Waals surface area contributed by atoms with Crippen LogP contribution in [-0.4, -0.2) is 29.4 Å². The minimum Gasteiger partial charge on any atom is -0.393 e. The number of hydrogen-bond acceptors (Lipinski definition) is 3. The molecule has 1 rings (SSSR count). The number of hydrogen-bond donors (Lipinski definition) is 2. The maximum absolute atomic E-state index is 11.6. The van der Waals surface area contributed by atoms with Crippen molar-refractivity contribution in [2.45, 2.75) is 37.2 Å². The van der Waals surface area contributed by atoms with E-state index >= 15 is 0 Å². The van der Waals surface area contributed by atoms with Gasteiger partial charge in [-0.25, -0.2) is 0 Å². The number of benzene rings is 1. The highest BCUT2D eigenvalue weighted by molar-refractivity contribution is 9.10. The lowest BCUT2D eigenvalue weighted by Gasteiger charge is -2.09. The summed E-state index contributed by atoms with van der Waals surface area (Å²) in [5.74, 6) is 0.799. The quantitative estimate of drug-likeness (QED) is 0.711. The summed E-state index contributed by atoms with van der Waals surface area (Å²) in [6.45, 7) is 2.48. The Hall–Kier alpha value is -0.520. The van der Waals surface area contributed by atoms with Crippen molar-refractivity contribution in [3.05, 3.63) is 28.7 Å². The molecule has 0 fully saturated rings. The Labute approximate surface area is 127 Å². The van der Waals surface area contributed by atoms with Crippen LogP contribution < -0.4 is 5.32 Å². The molecular weight excluding hydrogens is 326 g/mol. The molecule has 5 heteroatoms. The number of halogens is 1. The van der Waals surface area contributed by atoms with Gasteiger partial charge in [0.15, 0.2) is 0 Å². The van der Waals surface area contributed by atoms with Crippen molar-refractivity contribution in [1.82, 2.24) is 5.32 Å². The van der Waals surface area contributed by atoms with E-state index in [0.29, 0.717) is 19.4 Å². The Kier molecular flexibility index (Phi) is 8.18. The molecule has 0 saturated heterocycles. The minimum atomic E-state index is -0.310. The lowest BCUT2D eigenvalue weighted by atomic mass is 10.2. The first-order valence-electron chi connectivity index (χ1n) is 6.45. The average molecular weight is 346 g/mol. The lowest BCUT2D eigenvalue weighted by molar-refractivity contribution is -0.120. The first-order chi connectivity index (χ1) is 9.13. The molecule has 3 nitrogen and oxygen atoms in total. The summed E-state index contributed by atoms with van der Waals surface area (Å²) in [6.07, 6.45) is 1.54. The van der Waals surface area contributed by atoms with Gasteiger partial charge in [0.2, 0.25) is 5.91 Å². The topological polar surface area (TPSA) is 49.3 Å². The zero-order valence-electron chi connectivity index (χ0n) is 11.1. The number of aliphatic hydroxyl groups is 1.